The molecule has 3 nitrogen and oxygen atoms in total. The van der Waals surface area contributed by atoms with Crippen molar-refractivity contribution >= 4 is 23.1 Å². The minimum absolute atomic E-state index is 0.109. The monoisotopic (exact) mass is 274 g/mol. The molecule has 0 amide bonds. The number of carbonyl (C=O) groups excluding carboxylic acids is 1. The molecular formula is C15H14O3S. The van der Waals surface area contributed by atoms with E-state index in [-0.39, 0.29) is 17.3 Å². The van der Waals surface area contributed by atoms with Crippen molar-refractivity contribution in [2.45, 2.75) is 19.8 Å². The van der Waals surface area contributed by atoms with Crippen molar-refractivity contribution in [2.75, 3.05) is 0 Å². The van der Waals surface area contributed by atoms with Gasteiger partial charge >= 0.3 is 5.97 Å². The fourth-order valence-electron chi connectivity index (χ4n) is 1.93. The molecule has 0 bridgehead atoms. The highest BCUT2D eigenvalue weighted by molar-refractivity contribution is 7.12. The van der Waals surface area contributed by atoms with Crippen LogP contribution in [0.15, 0.2) is 35.7 Å². The van der Waals surface area contributed by atoms with E-state index < -0.39 is 5.97 Å². The van der Waals surface area contributed by atoms with E-state index in [0.29, 0.717) is 10.4 Å². The molecule has 2 rings (SSSR count). The first kappa shape index (κ1) is 13.5. The number of aromatic carboxylic acids is 1. The molecule has 0 saturated carbocycles. The van der Waals surface area contributed by atoms with E-state index >= 15 is 0 Å². The number of carboxylic acids is 1. The lowest BCUT2D eigenvalue weighted by Crippen LogP contribution is -2.08. The zero-order chi connectivity index (χ0) is 14.0. The first-order valence-corrected chi connectivity index (χ1v) is 6.84. The SMILES string of the molecule is CC(C)c1ccc(C(=O)O)cc1C(=O)c1cccs1. The lowest BCUT2D eigenvalue weighted by Gasteiger charge is -2.12. The summed E-state index contributed by atoms with van der Waals surface area (Å²) in [5.74, 6) is -0.959. The summed E-state index contributed by atoms with van der Waals surface area (Å²) in [5.41, 5.74) is 1.50. The van der Waals surface area contributed by atoms with Crippen molar-refractivity contribution in [1.82, 2.24) is 0 Å². The smallest absolute Gasteiger partial charge is 0.335 e. The zero-order valence-electron chi connectivity index (χ0n) is 10.7. The lowest BCUT2D eigenvalue weighted by molar-refractivity contribution is 0.0697. The maximum Gasteiger partial charge on any atom is 0.335 e. The molecular weight excluding hydrogens is 260 g/mol. The van der Waals surface area contributed by atoms with E-state index in [0.717, 1.165) is 5.56 Å². The Bertz CT molecular complexity index is 612. The van der Waals surface area contributed by atoms with Crippen LogP contribution in [0.5, 0.6) is 0 Å². The topological polar surface area (TPSA) is 54.4 Å². The predicted molar refractivity (Wildman–Crippen MR) is 75.2 cm³/mol. The Morgan fingerprint density at radius 3 is 2.47 bits per heavy atom. The molecule has 0 aliphatic carbocycles. The first-order chi connectivity index (χ1) is 9.00. The highest BCUT2D eigenvalue weighted by Crippen LogP contribution is 2.25. The number of thiophene rings is 1. The summed E-state index contributed by atoms with van der Waals surface area (Å²) in [5, 5.41) is 10.9. The van der Waals surface area contributed by atoms with Crippen molar-refractivity contribution in [3.63, 3.8) is 0 Å². The van der Waals surface area contributed by atoms with Gasteiger partial charge in [-0.15, -0.1) is 11.3 Å². The van der Waals surface area contributed by atoms with Gasteiger partial charge in [-0.3, -0.25) is 4.79 Å². The van der Waals surface area contributed by atoms with Gasteiger partial charge in [0.2, 0.25) is 5.78 Å². The molecule has 19 heavy (non-hydrogen) atoms. The van der Waals surface area contributed by atoms with Crippen LogP contribution in [0.2, 0.25) is 0 Å². The normalized spacial score (nSPS) is 10.7. The fraction of sp³-hybridized carbons (Fsp3) is 0.200. The Hall–Kier alpha value is -1.94. The minimum Gasteiger partial charge on any atom is -0.478 e. The van der Waals surface area contributed by atoms with Crippen molar-refractivity contribution in [1.29, 1.82) is 0 Å². The number of rotatable bonds is 4. The van der Waals surface area contributed by atoms with Gasteiger partial charge in [0.1, 0.15) is 0 Å². The van der Waals surface area contributed by atoms with Gasteiger partial charge in [-0.1, -0.05) is 26.0 Å². The van der Waals surface area contributed by atoms with Crippen LogP contribution in [-0.4, -0.2) is 16.9 Å². The van der Waals surface area contributed by atoms with Crippen LogP contribution >= 0.6 is 11.3 Å². The van der Waals surface area contributed by atoms with Crippen LogP contribution in [0.4, 0.5) is 0 Å². The second-order valence-electron chi connectivity index (χ2n) is 4.57. The molecule has 98 valence electrons. The van der Waals surface area contributed by atoms with Crippen LogP contribution in [0.25, 0.3) is 0 Å². The average molecular weight is 274 g/mol. The molecule has 0 aliphatic heterocycles. The summed E-state index contributed by atoms with van der Waals surface area (Å²) < 4.78 is 0. The zero-order valence-corrected chi connectivity index (χ0v) is 11.5. The number of carboxylic acid groups (broad SMARTS) is 1. The molecule has 0 atom stereocenters. The number of benzene rings is 1. The third-order valence-electron chi connectivity index (χ3n) is 2.91. The van der Waals surface area contributed by atoms with Gasteiger partial charge in [0.15, 0.2) is 0 Å². The standard InChI is InChI=1S/C15H14O3S/c1-9(2)11-6-5-10(15(17)18)8-12(11)14(16)13-4-3-7-19-13/h3-9H,1-2H3,(H,17,18). The molecule has 0 aliphatic rings. The fourth-order valence-corrected chi connectivity index (χ4v) is 2.61. The maximum absolute atomic E-state index is 12.4. The second-order valence-corrected chi connectivity index (χ2v) is 5.52. The van der Waals surface area contributed by atoms with E-state index in [4.69, 9.17) is 5.11 Å². The summed E-state index contributed by atoms with van der Waals surface area (Å²) in [6.45, 7) is 3.97. The molecule has 4 heteroatoms. The summed E-state index contributed by atoms with van der Waals surface area (Å²) in [4.78, 5) is 24.1. The number of hydrogen-bond donors (Lipinski definition) is 1. The Kier molecular flexibility index (Phi) is 3.81. The number of ketones is 1. The molecule has 0 spiro atoms. The van der Waals surface area contributed by atoms with Crippen molar-refractivity contribution in [2.24, 2.45) is 0 Å². The Labute approximate surface area is 115 Å². The van der Waals surface area contributed by atoms with Gasteiger partial charge < -0.3 is 5.11 Å². The van der Waals surface area contributed by atoms with Gasteiger partial charge in [-0.25, -0.2) is 4.79 Å². The van der Waals surface area contributed by atoms with Gasteiger partial charge in [0.25, 0.3) is 0 Å². The highest BCUT2D eigenvalue weighted by atomic mass is 32.1. The quantitative estimate of drug-likeness (QED) is 0.863. The lowest BCUT2D eigenvalue weighted by atomic mass is 9.92. The van der Waals surface area contributed by atoms with E-state index in [2.05, 4.69) is 0 Å². The molecule has 2 aromatic rings. The summed E-state index contributed by atoms with van der Waals surface area (Å²) >= 11 is 1.36. The van der Waals surface area contributed by atoms with E-state index in [1.165, 1.54) is 17.4 Å². The summed E-state index contributed by atoms with van der Waals surface area (Å²) in [6.07, 6.45) is 0. The Balaban J connectivity index is 2.55. The Morgan fingerprint density at radius 1 is 1.21 bits per heavy atom. The van der Waals surface area contributed by atoms with Gasteiger partial charge in [0, 0.05) is 5.56 Å². The molecule has 1 N–H and O–H groups in total. The van der Waals surface area contributed by atoms with E-state index in [1.807, 2.05) is 25.3 Å². The molecule has 0 radical (unpaired) electrons. The van der Waals surface area contributed by atoms with Gasteiger partial charge in [-0.2, -0.15) is 0 Å². The molecule has 0 saturated heterocycles. The van der Waals surface area contributed by atoms with Gasteiger partial charge in [-0.05, 0) is 35.1 Å². The molecule has 1 heterocycles. The van der Waals surface area contributed by atoms with Crippen LogP contribution < -0.4 is 0 Å². The number of carbonyl (C=O) groups is 2. The van der Waals surface area contributed by atoms with Crippen LogP contribution in [0.1, 0.15) is 50.9 Å². The average Bonchev–Trinajstić information content (AvgIpc) is 2.90. The third kappa shape index (κ3) is 2.74. The van der Waals surface area contributed by atoms with Crippen molar-refractivity contribution < 1.29 is 14.7 Å². The molecule has 0 fully saturated rings. The van der Waals surface area contributed by atoms with Crippen molar-refractivity contribution in [3.05, 3.63) is 57.3 Å². The molecule has 1 aromatic carbocycles. The largest absolute Gasteiger partial charge is 0.478 e. The van der Waals surface area contributed by atoms with Crippen LogP contribution in [-0.2, 0) is 0 Å². The van der Waals surface area contributed by atoms with E-state index in [9.17, 15) is 9.59 Å². The van der Waals surface area contributed by atoms with Gasteiger partial charge in [0.05, 0.1) is 10.4 Å². The third-order valence-corrected chi connectivity index (χ3v) is 3.78. The Morgan fingerprint density at radius 2 is 1.95 bits per heavy atom. The minimum atomic E-state index is -1.02. The molecule has 0 unspecified atom stereocenters. The van der Waals surface area contributed by atoms with E-state index in [1.54, 1.807) is 18.2 Å². The summed E-state index contributed by atoms with van der Waals surface area (Å²) in [6, 6.07) is 8.32. The maximum atomic E-state index is 12.4. The predicted octanol–water partition coefficient (Wildman–Crippen LogP) is 3.80. The summed E-state index contributed by atoms with van der Waals surface area (Å²) in [7, 11) is 0. The second kappa shape index (κ2) is 5.36. The van der Waals surface area contributed by atoms with Crippen LogP contribution in [0.3, 0.4) is 0 Å². The van der Waals surface area contributed by atoms with Crippen LogP contribution in [0, 0.1) is 0 Å². The van der Waals surface area contributed by atoms with Crippen molar-refractivity contribution in [3.8, 4) is 0 Å². The molecule has 1 aromatic heterocycles. The highest BCUT2D eigenvalue weighted by Gasteiger charge is 2.18. The number of hydrogen-bond acceptors (Lipinski definition) is 3. The first-order valence-electron chi connectivity index (χ1n) is 5.96.